The first kappa shape index (κ1) is 7.71. The molecule has 0 bridgehead atoms. The Labute approximate surface area is 57.3 Å². The quantitative estimate of drug-likeness (QED) is 0.445. The highest BCUT2D eigenvalue weighted by atomic mass is 32.2. The van der Waals surface area contributed by atoms with Gasteiger partial charge < -0.3 is 5.32 Å². The molecule has 0 heterocycles. The van der Waals surface area contributed by atoms with Crippen molar-refractivity contribution >= 4 is 35.7 Å². The van der Waals surface area contributed by atoms with Crippen LogP contribution in [-0.2, 0) is 0 Å². The molecule has 0 aliphatic heterocycles. The van der Waals surface area contributed by atoms with Gasteiger partial charge in [-0.05, 0) is 0 Å². The van der Waals surface area contributed by atoms with Gasteiger partial charge in [0, 0.05) is 6.26 Å². The second kappa shape index (κ2) is 4.86. The van der Waals surface area contributed by atoms with Crippen LogP contribution in [0.15, 0.2) is 0 Å². The maximum Gasteiger partial charge on any atom is 0.329 e. The van der Waals surface area contributed by atoms with Gasteiger partial charge in [-0.3, -0.25) is 4.72 Å². The van der Waals surface area contributed by atoms with E-state index in [2.05, 4.69) is 22.3 Å². The molecule has 3 nitrogen and oxygen atoms in total. The van der Waals surface area contributed by atoms with E-state index in [0.717, 1.165) is 5.49 Å². The molecule has 0 saturated heterocycles. The first-order valence-electron chi connectivity index (χ1n) is 1.84. The summed E-state index contributed by atoms with van der Waals surface area (Å²) >= 11 is 5.56. The summed E-state index contributed by atoms with van der Waals surface area (Å²) in [5.41, 5.74) is 1.16. The number of hydrogen-bond donors (Lipinski definition) is 2. The SMILES string of the molecule is CSNC(=O)NC=S. The molecule has 0 spiro atoms. The van der Waals surface area contributed by atoms with E-state index < -0.39 is 0 Å². The van der Waals surface area contributed by atoms with Crippen molar-refractivity contribution in [2.45, 2.75) is 0 Å². The lowest BCUT2D eigenvalue weighted by atomic mass is 11.0. The molecular formula is C3H6N2OS2. The average Bonchev–Trinajstić information content (AvgIpc) is 1.68. The number of amides is 2. The topological polar surface area (TPSA) is 41.1 Å². The average molecular weight is 150 g/mol. The van der Waals surface area contributed by atoms with Crippen LogP contribution >= 0.6 is 24.2 Å². The second-order valence-corrected chi connectivity index (χ2v) is 1.75. The van der Waals surface area contributed by atoms with Gasteiger partial charge in [-0.25, -0.2) is 4.79 Å². The highest BCUT2D eigenvalue weighted by Crippen LogP contribution is 1.78. The van der Waals surface area contributed by atoms with E-state index in [4.69, 9.17) is 0 Å². The van der Waals surface area contributed by atoms with Crippen LogP contribution in [0.2, 0.25) is 0 Å². The predicted molar refractivity (Wildman–Crippen MR) is 38.8 cm³/mol. The van der Waals surface area contributed by atoms with Crippen LogP contribution in [-0.4, -0.2) is 17.8 Å². The van der Waals surface area contributed by atoms with Crippen molar-refractivity contribution in [1.29, 1.82) is 0 Å². The molecule has 0 aromatic carbocycles. The molecule has 46 valence electrons. The third kappa shape index (κ3) is 3.89. The van der Waals surface area contributed by atoms with Gasteiger partial charge in [-0.15, -0.1) is 0 Å². The standard InChI is InChI=1S/C3H6N2OS2/c1-8-5-3(6)4-2-7/h2H,1H3,(H2,4,5,6,7). The zero-order chi connectivity index (χ0) is 6.41. The summed E-state index contributed by atoms with van der Waals surface area (Å²) in [6.07, 6.45) is 1.75. The Kier molecular flexibility index (Phi) is 4.68. The van der Waals surface area contributed by atoms with Gasteiger partial charge in [0.1, 0.15) is 0 Å². The first-order valence-corrected chi connectivity index (χ1v) is 3.54. The summed E-state index contributed by atoms with van der Waals surface area (Å²) in [7, 11) is 0. The minimum atomic E-state index is -0.285. The molecule has 0 unspecified atom stereocenters. The van der Waals surface area contributed by atoms with E-state index in [-0.39, 0.29) is 6.03 Å². The van der Waals surface area contributed by atoms with Crippen LogP contribution in [0.1, 0.15) is 0 Å². The fourth-order valence-corrected chi connectivity index (χ4v) is 0.527. The fraction of sp³-hybridized carbons (Fsp3) is 0.333. The summed E-state index contributed by atoms with van der Waals surface area (Å²) < 4.78 is 2.42. The van der Waals surface area contributed by atoms with Gasteiger partial charge in [0.15, 0.2) is 0 Å². The largest absolute Gasteiger partial charge is 0.329 e. The van der Waals surface area contributed by atoms with Gasteiger partial charge in [0.05, 0.1) is 5.49 Å². The molecule has 0 aliphatic rings. The summed E-state index contributed by atoms with van der Waals surface area (Å²) in [5.74, 6) is 0. The number of urea groups is 1. The lowest BCUT2D eigenvalue weighted by Crippen LogP contribution is -2.28. The highest BCUT2D eigenvalue weighted by molar-refractivity contribution is 7.97. The predicted octanol–water partition coefficient (Wildman–Crippen LogP) is 0.521. The molecule has 2 amide bonds. The number of carbonyl (C=O) groups excluding carboxylic acids is 1. The van der Waals surface area contributed by atoms with Crippen molar-refractivity contribution in [1.82, 2.24) is 10.0 Å². The van der Waals surface area contributed by atoms with Gasteiger partial charge in [0.25, 0.3) is 0 Å². The third-order valence-corrected chi connectivity index (χ3v) is 0.892. The number of nitrogens with one attached hydrogen (secondary N) is 2. The minimum Gasteiger partial charge on any atom is -0.304 e. The highest BCUT2D eigenvalue weighted by Gasteiger charge is 1.89. The number of hydrogen-bond acceptors (Lipinski definition) is 3. The Morgan fingerprint density at radius 1 is 1.88 bits per heavy atom. The van der Waals surface area contributed by atoms with Crippen LogP contribution in [0.25, 0.3) is 0 Å². The Hall–Kier alpha value is -0.290. The minimum absolute atomic E-state index is 0.285. The molecule has 0 fully saturated rings. The van der Waals surface area contributed by atoms with E-state index in [1.54, 1.807) is 6.26 Å². The Balaban J connectivity index is 3.18. The van der Waals surface area contributed by atoms with Crippen LogP contribution in [0.4, 0.5) is 4.79 Å². The van der Waals surface area contributed by atoms with E-state index in [1.165, 1.54) is 11.9 Å². The molecule has 5 heteroatoms. The molecule has 2 N–H and O–H groups in total. The molecule has 0 aromatic rings. The molecule has 0 saturated carbocycles. The summed E-state index contributed by atoms with van der Waals surface area (Å²) in [6, 6.07) is -0.285. The monoisotopic (exact) mass is 150 g/mol. The van der Waals surface area contributed by atoms with E-state index in [0.29, 0.717) is 0 Å². The lowest BCUT2D eigenvalue weighted by Gasteiger charge is -1.95. The van der Waals surface area contributed by atoms with Crippen molar-refractivity contribution in [3.05, 3.63) is 0 Å². The normalized spacial score (nSPS) is 7.62. The molecule has 0 rings (SSSR count). The van der Waals surface area contributed by atoms with E-state index in [9.17, 15) is 4.79 Å². The number of carbonyl (C=O) groups is 1. The van der Waals surface area contributed by atoms with Gasteiger partial charge >= 0.3 is 6.03 Å². The number of rotatable bonds is 2. The van der Waals surface area contributed by atoms with Crippen LogP contribution in [0.5, 0.6) is 0 Å². The van der Waals surface area contributed by atoms with E-state index >= 15 is 0 Å². The van der Waals surface area contributed by atoms with Gasteiger partial charge in [-0.2, -0.15) is 0 Å². The lowest BCUT2D eigenvalue weighted by molar-refractivity contribution is 0.251. The maximum atomic E-state index is 10.3. The van der Waals surface area contributed by atoms with Crippen LogP contribution in [0.3, 0.4) is 0 Å². The molecular weight excluding hydrogens is 144 g/mol. The zero-order valence-corrected chi connectivity index (χ0v) is 5.94. The molecule has 0 aliphatic carbocycles. The Morgan fingerprint density at radius 2 is 2.50 bits per heavy atom. The molecule has 8 heavy (non-hydrogen) atoms. The fourth-order valence-electron chi connectivity index (χ4n) is 0.176. The number of thiocarbonyl (C=S) groups is 1. The molecule has 0 aromatic heterocycles. The summed E-state index contributed by atoms with van der Waals surface area (Å²) in [5, 5.41) is 2.27. The first-order chi connectivity index (χ1) is 3.81. The Bertz CT molecular complexity index is 95.3. The van der Waals surface area contributed by atoms with Crippen molar-refractivity contribution in [2.75, 3.05) is 6.26 Å². The third-order valence-electron chi connectivity index (χ3n) is 0.385. The van der Waals surface area contributed by atoms with Gasteiger partial charge in [0.2, 0.25) is 0 Å². The smallest absolute Gasteiger partial charge is 0.304 e. The van der Waals surface area contributed by atoms with Gasteiger partial charge in [-0.1, -0.05) is 24.2 Å². The van der Waals surface area contributed by atoms with E-state index in [1.807, 2.05) is 0 Å². The maximum absolute atomic E-state index is 10.3. The van der Waals surface area contributed by atoms with Crippen LogP contribution < -0.4 is 10.0 Å². The second-order valence-electron chi connectivity index (χ2n) is 0.897. The molecule has 0 atom stereocenters. The van der Waals surface area contributed by atoms with Crippen molar-refractivity contribution in [2.24, 2.45) is 0 Å². The van der Waals surface area contributed by atoms with Crippen molar-refractivity contribution < 1.29 is 4.79 Å². The van der Waals surface area contributed by atoms with Crippen molar-refractivity contribution in [3.63, 3.8) is 0 Å². The summed E-state index contributed by atoms with van der Waals surface area (Å²) in [6.45, 7) is 0. The zero-order valence-electron chi connectivity index (χ0n) is 4.30. The molecule has 0 radical (unpaired) electrons. The Morgan fingerprint density at radius 3 is 2.88 bits per heavy atom. The van der Waals surface area contributed by atoms with Crippen LogP contribution in [0, 0.1) is 0 Å². The van der Waals surface area contributed by atoms with Crippen molar-refractivity contribution in [3.8, 4) is 0 Å². The summed E-state index contributed by atoms with van der Waals surface area (Å²) in [4.78, 5) is 10.3.